The zero-order valence-electron chi connectivity index (χ0n) is 4.53. The predicted molar refractivity (Wildman–Crippen MR) is 33.7 cm³/mol. The molecule has 0 unspecified atom stereocenters. The van der Waals surface area contributed by atoms with Crippen molar-refractivity contribution >= 4 is 17.6 Å². The van der Waals surface area contributed by atoms with Crippen molar-refractivity contribution in [2.45, 2.75) is 6.61 Å². The Bertz CT molecular complexity index is 209. The van der Waals surface area contributed by atoms with E-state index in [9.17, 15) is 0 Å². The van der Waals surface area contributed by atoms with Gasteiger partial charge in [-0.1, -0.05) is 11.3 Å². The van der Waals surface area contributed by atoms with Gasteiger partial charge in [0.25, 0.3) is 0 Å². The summed E-state index contributed by atoms with van der Waals surface area (Å²) in [7, 11) is 0. The summed E-state index contributed by atoms with van der Waals surface area (Å²) >= 11 is 1.22. The van der Waals surface area contributed by atoms with Gasteiger partial charge < -0.3 is 10.5 Å². The zero-order valence-corrected chi connectivity index (χ0v) is 5.35. The van der Waals surface area contributed by atoms with E-state index in [1.54, 1.807) is 0 Å². The van der Waals surface area contributed by atoms with E-state index in [1.807, 2.05) is 0 Å². The van der Waals surface area contributed by atoms with Crippen LogP contribution in [0.25, 0.3) is 0 Å². The fraction of sp³-hybridized carbons (Fsp3) is 0.250. The molecule has 0 saturated heterocycles. The highest BCUT2D eigenvalue weighted by atomic mass is 32.1. The molecule has 0 aliphatic carbocycles. The van der Waals surface area contributed by atoms with Crippen LogP contribution < -0.4 is 0 Å². The fourth-order valence-corrected chi connectivity index (χ4v) is 0.917. The summed E-state index contributed by atoms with van der Waals surface area (Å²) in [6.45, 7) is -0.0918. The van der Waals surface area contributed by atoms with E-state index in [-0.39, 0.29) is 6.61 Å². The van der Waals surface area contributed by atoms with Crippen molar-refractivity contribution in [3.8, 4) is 0 Å². The molecular formula is C4H5N3OS. The first-order valence-electron chi connectivity index (χ1n) is 2.30. The lowest BCUT2D eigenvalue weighted by molar-refractivity contribution is 0.280. The molecule has 0 aromatic carbocycles. The van der Waals surface area contributed by atoms with E-state index >= 15 is 0 Å². The highest BCUT2D eigenvalue weighted by Crippen LogP contribution is 2.05. The lowest BCUT2D eigenvalue weighted by Gasteiger charge is -1.76. The first-order valence-corrected chi connectivity index (χ1v) is 3.12. The van der Waals surface area contributed by atoms with E-state index in [0.29, 0.717) is 10.0 Å². The zero-order chi connectivity index (χ0) is 6.69. The monoisotopic (exact) mass is 143 g/mol. The standard InChI is InChI=1S/C4H5N3OS/c5-1-3-6-7-4(2-8)9-3/h1,5,8H,2H2. The third kappa shape index (κ3) is 1.30. The minimum absolute atomic E-state index is 0.0918. The Hall–Kier alpha value is -0.810. The van der Waals surface area contributed by atoms with Gasteiger partial charge >= 0.3 is 0 Å². The molecule has 0 bridgehead atoms. The van der Waals surface area contributed by atoms with Crippen LogP contribution in [-0.2, 0) is 6.61 Å². The molecular weight excluding hydrogens is 138 g/mol. The maximum absolute atomic E-state index is 8.48. The lowest BCUT2D eigenvalue weighted by atomic mass is 10.8. The normalized spacial score (nSPS) is 9.44. The van der Waals surface area contributed by atoms with Crippen LogP contribution in [0.4, 0.5) is 0 Å². The largest absolute Gasteiger partial charge is 0.389 e. The van der Waals surface area contributed by atoms with Crippen LogP contribution in [0.1, 0.15) is 10.0 Å². The molecule has 9 heavy (non-hydrogen) atoms. The Morgan fingerprint density at radius 2 is 2.44 bits per heavy atom. The molecule has 0 aliphatic heterocycles. The van der Waals surface area contributed by atoms with Crippen molar-refractivity contribution in [3.05, 3.63) is 10.0 Å². The highest BCUT2D eigenvalue weighted by Gasteiger charge is 1.97. The second-order valence-corrected chi connectivity index (χ2v) is 2.43. The number of aliphatic hydroxyl groups excluding tert-OH is 1. The number of rotatable bonds is 2. The minimum atomic E-state index is -0.0918. The van der Waals surface area contributed by atoms with Crippen molar-refractivity contribution < 1.29 is 5.11 Å². The second-order valence-electron chi connectivity index (χ2n) is 1.34. The Morgan fingerprint density at radius 1 is 1.67 bits per heavy atom. The summed E-state index contributed by atoms with van der Waals surface area (Å²) in [6, 6.07) is 0. The number of hydrogen-bond donors (Lipinski definition) is 2. The molecule has 0 atom stereocenters. The van der Waals surface area contributed by atoms with Gasteiger partial charge in [0.05, 0.1) is 12.8 Å². The van der Waals surface area contributed by atoms with Crippen LogP contribution in [0.5, 0.6) is 0 Å². The topological polar surface area (TPSA) is 69.9 Å². The summed E-state index contributed by atoms with van der Waals surface area (Å²) < 4.78 is 0. The quantitative estimate of drug-likeness (QED) is 0.574. The van der Waals surface area contributed by atoms with Gasteiger partial charge in [-0.3, -0.25) is 0 Å². The van der Waals surface area contributed by atoms with E-state index in [1.165, 1.54) is 11.3 Å². The summed E-state index contributed by atoms with van der Waals surface area (Å²) in [5.41, 5.74) is 0. The van der Waals surface area contributed by atoms with Crippen LogP contribution in [0.2, 0.25) is 0 Å². The van der Waals surface area contributed by atoms with Crippen LogP contribution in [0, 0.1) is 5.41 Å². The summed E-state index contributed by atoms with van der Waals surface area (Å²) in [5, 5.41) is 23.4. The highest BCUT2D eigenvalue weighted by molar-refractivity contribution is 7.12. The summed E-state index contributed by atoms with van der Waals surface area (Å²) in [6.07, 6.45) is 1.11. The third-order valence-corrected chi connectivity index (χ3v) is 1.60. The molecule has 0 saturated carbocycles. The molecule has 0 aliphatic rings. The Balaban J connectivity index is 2.86. The first-order chi connectivity index (χ1) is 4.36. The number of nitrogens with one attached hydrogen (secondary N) is 1. The molecule has 1 rings (SSSR count). The van der Waals surface area contributed by atoms with Gasteiger partial charge in [0.15, 0.2) is 5.01 Å². The molecule has 1 heterocycles. The smallest absolute Gasteiger partial charge is 0.158 e. The molecule has 4 nitrogen and oxygen atoms in total. The Morgan fingerprint density at radius 3 is 2.78 bits per heavy atom. The van der Waals surface area contributed by atoms with Crippen molar-refractivity contribution in [1.29, 1.82) is 5.41 Å². The van der Waals surface area contributed by atoms with Gasteiger partial charge in [-0.2, -0.15) is 0 Å². The molecule has 0 fully saturated rings. The Labute approximate surface area is 55.7 Å². The van der Waals surface area contributed by atoms with Crippen LogP contribution in [0.15, 0.2) is 0 Å². The maximum atomic E-state index is 8.48. The third-order valence-electron chi connectivity index (χ3n) is 0.741. The molecule has 0 spiro atoms. The average Bonchev–Trinajstić information content (AvgIpc) is 2.34. The van der Waals surface area contributed by atoms with Gasteiger partial charge in [-0.15, -0.1) is 10.2 Å². The molecule has 1 aromatic heterocycles. The lowest BCUT2D eigenvalue weighted by Crippen LogP contribution is -1.79. The maximum Gasteiger partial charge on any atom is 0.158 e. The predicted octanol–water partition coefficient (Wildman–Crippen LogP) is 0.0281. The SMILES string of the molecule is N=Cc1nnc(CO)s1. The minimum Gasteiger partial charge on any atom is -0.389 e. The van der Waals surface area contributed by atoms with E-state index in [2.05, 4.69) is 10.2 Å². The van der Waals surface area contributed by atoms with Gasteiger partial charge in [0, 0.05) is 0 Å². The Kier molecular flexibility index (Phi) is 1.86. The van der Waals surface area contributed by atoms with E-state index < -0.39 is 0 Å². The molecule has 0 radical (unpaired) electrons. The molecule has 48 valence electrons. The van der Waals surface area contributed by atoms with Crippen LogP contribution >= 0.6 is 11.3 Å². The van der Waals surface area contributed by atoms with Crippen LogP contribution in [-0.4, -0.2) is 21.5 Å². The van der Waals surface area contributed by atoms with Crippen molar-refractivity contribution in [2.75, 3.05) is 0 Å². The van der Waals surface area contributed by atoms with Crippen molar-refractivity contribution in [3.63, 3.8) is 0 Å². The molecule has 2 N–H and O–H groups in total. The van der Waals surface area contributed by atoms with Gasteiger partial charge in [0.1, 0.15) is 5.01 Å². The molecule has 5 heteroatoms. The van der Waals surface area contributed by atoms with E-state index in [0.717, 1.165) is 6.21 Å². The summed E-state index contributed by atoms with van der Waals surface area (Å²) in [4.78, 5) is 0. The van der Waals surface area contributed by atoms with Crippen molar-refractivity contribution in [1.82, 2.24) is 10.2 Å². The first kappa shape index (κ1) is 6.31. The van der Waals surface area contributed by atoms with Gasteiger partial charge in [-0.05, 0) is 0 Å². The van der Waals surface area contributed by atoms with Gasteiger partial charge in [-0.25, -0.2) is 0 Å². The van der Waals surface area contributed by atoms with E-state index in [4.69, 9.17) is 10.5 Å². The fourth-order valence-electron chi connectivity index (χ4n) is 0.389. The van der Waals surface area contributed by atoms with Gasteiger partial charge in [0.2, 0.25) is 0 Å². The average molecular weight is 143 g/mol. The molecule has 0 amide bonds. The van der Waals surface area contributed by atoms with Crippen LogP contribution in [0.3, 0.4) is 0 Å². The number of aromatic nitrogens is 2. The number of aliphatic hydroxyl groups is 1. The number of nitrogens with zero attached hydrogens (tertiary/aromatic N) is 2. The van der Waals surface area contributed by atoms with Crippen molar-refractivity contribution in [2.24, 2.45) is 0 Å². The second kappa shape index (κ2) is 2.65. The molecule has 1 aromatic rings. The number of hydrogen-bond acceptors (Lipinski definition) is 5. The summed E-state index contributed by atoms with van der Waals surface area (Å²) in [5.74, 6) is 0.